The smallest absolute Gasteiger partial charge is 0.222 e. The topological polar surface area (TPSA) is 41.1 Å². The molecule has 0 radical (unpaired) electrons. The fourth-order valence-electron chi connectivity index (χ4n) is 1.27. The summed E-state index contributed by atoms with van der Waals surface area (Å²) in [6.07, 6.45) is 1.99. The molecule has 1 amide bonds. The molecule has 0 aromatic rings. The van der Waals surface area contributed by atoms with Crippen LogP contribution in [0.3, 0.4) is 0 Å². The lowest BCUT2D eigenvalue weighted by Crippen LogP contribution is -2.45. The molecule has 0 aliphatic heterocycles. The first kappa shape index (κ1) is 7.54. The van der Waals surface area contributed by atoms with Crippen LogP contribution in [0.4, 0.5) is 0 Å². The van der Waals surface area contributed by atoms with Gasteiger partial charge in [-0.1, -0.05) is 0 Å². The summed E-state index contributed by atoms with van der Waals surface area (Å²) >= 11 is 0. The van der Waals surface area contributed by atoms with Gasteiger partial charge in [-0.3, -0.25) is 4.79 Å². The highest BCUT2D eigenvalue weighted by Crippen LogP contribution is 2.26. The van der Waals surface area contributed by atoms with E-state index in [1.165, 1.54) is 0 Å². The van der Waals surface area contributed by atoms with Crippen LogP contribution in [0.1, 0.15) is 12.8 Å². The average Bonchev–Trinajstić information content (AvgIpc) is 1.85. The van der Waals surface area contributed by atoms with E-state index in [2.05, 4.69) is 10.6 Å². The number of carbonyl (C=O) groups excluding carboxylic acids is 1. The molecule has 58 valence electrons. The van der Waals surface area contributed by atoms with Crippen LogP contribution in [0.2, 0.25) is 0 Å². The Hall–Kier alpha value is -0.570. The number of hydrogen-bond acceptors (Lipinski definition) is 2. The van der Waals surface area contributed by atoms with Crippen molar-refractivity contribution < 1.29 is 4.79 Å². The molecule has 1 aliphatic rings. The van der Waals surface area contributed by atoms with Crippen LogP contribution in [-0.4, -0.2) is 26.0 Å². The fourth-order valence-corrected chi connectivity index (χ4v) is 1.27. The summed E-state index contributed by atoms with van der Waals surface area (Å²) in [7, 11) is 3.62. The molecule has 1 fully saturated rings. The van der Waals surface area contributed by atoms with Crippen LogP contribution in [-0.2, 0) is 4.79 Å². The van der Waals surface area contributed by atoms with Gasteiger partial charge in [0.25, 0.3) is 0 Å². The molecule has 0 spiro atoms. The minimum absolute atomic E-state index is 0.187. The number of hydrogen-bond donors (Lipinski definition) is 2. The second-order valence-corrected chi connectivity index (χ2v) is 2.77. The largest absolute Gasteiger partial charge is 0.359 e. The van der Waals surface area contributed by atoms with Crippen LogP contribution in [0.25, 0.3) is 0 Å². The molecule has 0 aromatic carbocycles. The number of carbonyl (C=O) groups is 1. The first-order valence-corrected chi connectivity index (χ1v) is 3.66. The van der Waals surface area contributed by atoms with Crippen molar-refractivity contribution in [1.82, 2.24) is 10.6 Å². The highest BCUT2D eigenvalue weighted by molar-refractivity contribution is 5.79. The van der Waals surface area contributed by atoms with Gasteiger partial charge in [0.15, 0.2) is 0 Å². The molecule has 1 aliphatic carbocycles. The Bertz CT molecular complexity index is 130. The normalized spacial score (nSPS) is 31.0. The van der Waals surface area contributed by atoms with Gasteiger partial charge in [0, 0.05) is 19.0 Å². The molecule has 1 rings (SSSR count). The van der Waals surface area contributed by atoms with Gasteiger partial charge in [-0.15, -0.1) is 0 Å². The summed E-state index contributed by atoms with van der Waals surface area (Å²) in [6, 6.07) is 0.572. The van der Waals surface area contributed by atoms with Crippen molar-refractivity contribution in [2.24, 2.45) is 5.92 Å². The van der Waals surface area contributed by atoms with E-state index in [-0.39, 0.29) is 11.8 Å². The Morgan fingerprint density at radius 3 is 2.40 bits per heavy atom. The summed E-state index contributed by atoms with van der Waals surface area (Å²) < 4.78 is 0. The number of rotatable bonds is 2. The Balaban J connectivity index is 2.19. The molecule has 0 atom stereocenters. The van der Waals surface area contributed by atoms with Crippen molar-refractivity contribution in [1.29, 1.82) is 0 Å². The predicted octanol–water partition coefficient (Wildman–Crippen LogP) is -0.270. The summed E-state index contributed by atoms with van der Waals surface area (Å²) in [4.78, 5) is 10.9. The lowest BCUT2D eigenvalue weighted by molar-refractivity contribution is -0.127. The second-order valence-electron chi connectivity index (χ2n) is 2.77. The monoisotopic (exact) mass is 142 g/mol. The van der Waals surface area contributed by atoms with E-state index in [0.29, 0.717) is 6.04 Å². The fraction of sp³-hybridized carbons (Fsp3) is 0.857. The van der Waals surface area contributed by atoms with Gasteiger partial charge in [0.2, 0.25) is 5.91 Å². The first-order chi connectivity index (χ1) is 4.77. The van der Waals surface area contributed by atoms with Crippen LogP contribution < -0.4 is 10.6 Å². The molecule has 1 saturated carbocycles. The molecule has 0 unspecified atom stereocenters. The van der Waals surface area contributed by atoms with Crippen LogP contribution in [0, 0.1) is 5.92 Å². The summed E-state index contributed by atoms with van der Waals surface area (Å²) in [5.74, 6) is 0.453. The third-order valence-corrected chi connectivity index (χ3v) is 2.16. The van der Waals surface area contributed by atoms with Crippen LogP contribution in [0.15, 0.2) is 0 Å². The minimum Gasteiger partial charge on any atom is -0.359 e. The molecule has 10 heavy (non-hydrogen) atoms. The van der Waals surface area contributed by atoms with E-state index in [1.807, 2.05) is 7.05 Å². The number of nitrogens with one attached hydrogen (secondary N) is 2. The zero-order valence-electron chi connectivity index (χ0n) is 6.48. The van der Waals surface area contributed by atoms with Crippen molar-refractivity contribution in [2.75, 3.05) is 14.1 Å². The Morgan fingerprint density at radius 1 is 1.40 bits per heavy atom. The summed E-state index contributed by atoms with van der Waals surface area (Å²) in [5, 5.41) is 5.78. The maximum absolute atomic E-state index is 10.9. The van der Waals surface area contributed by atoms with Gasteiger partial charge >= 0.3 is 0 Å². The van der Waals surface area contributed by atoms with Gasteiger partial charge in [-0.2, -0.15) is 0 Å². The number of amides is 1. The third-order valence-electron chi connectivity index (χ3n) is 2.16. The molecule has 2 N–H and O–H groups in total. The maximum Gasteiger partial charge on any atom is 0.222 e. The van der Waals surface area contributed by atoms with Gasteiger partial charge in [-0.05, 0) is 19.9 Å². The average molecular weight is 142 g/mol. The minimum atomic E-state index is 0.187. The van der Waals surface area contributed by atoms with E-state index in [1.54, 1.807) is 7.05 Å². The van der Waals surface area contributed by atoms with E-state index in [9.17, 15) is 4.79 Å². The quantitative estimate of drug-likeness (QED) is 0.557. The third kappa shape index (κ3) is 1.29. The van der Waals surface area contributed by atoms with Crippen molar-refractivity contribution in [3.05, 3.63) is 0 Å². The molecule has 3 heteroatoms. The lowest BCUT2D eigenvalue weighted by Gasteiger charge is -2.33. The van der Waals surface area contributed by atoms with E-state index in [0.717, 1.165) is 12.8 Å². The second kappa shape index (κ2) is 3.01. The molecule has 0 bridgehead atoms. The predicted molar refractivity (Wildman–Crippen MR) is 39.6 cm³/mol. The Morgan fingerprint density at radius 2 is 2.00 bits per heavy atom. The lowest BCUT2D eigenvalue weighted by atomic mass is 9.80. The first-order valence-electron chi connectivity index (χ1n) is 3.66. The van der Waals surface area contributed by atoms with Crippen molar-refractivity contribution in [2.45, 2.75) is 18.9 Å². The standard InChI is InChI=1S/C7H14N2O/c1-8-6-3-5(4-6)7(10)9-2/h5-6,8H,3-4H2,1-2H3,(H,9,10). The molecular formula is C7H14N2O. The SMILES string of the molecule is CNC(=O)C1CC(NC)C1. The highest BCUT2D eigenvalue weighted by atomic mass is 16.1. The van der Waals surface area contributed by atoms with Crippen LogP contribution in [0.5, 0.6) is 0 Å². The van der Waals surface area contributed by atoms with Gasteiger partial charge < -0.3 is 10.6 Å². The molecule has 0 heterocycles. The van der Waals surface area contributed by atoms with E-state index in [4.69, 9.17) is 0 Å². The zero-order valence-corrected chi connectivity index (χ0v) is 6.48. The van der Waals surface area contributed by atoms with Crippen LogP contribution >= 0.6 is 0 Å². The summed E-state index contributed by atoms with van der Waals surface area (Å²) in [5.41, 5.74) is 0. The van der Waals surface area contributed by atoms with Crippen molar-refractivity contribution in [3.8, 4) is 0 Å². The molecular weight excluding hydrogens is 128 g/mol. The van der Waals surface area contributed by atoms with E-state index >= 15 is 0 Å². The van der Waals surface area contributed by atoms with Crippen molar-refractivity contribution >= 4 is 5.91 Å². The highest BCUT2D eigenvalue weighted by Gasteiger charge is 2.32. The van der Waals surface area contributed by atoms with Gasteiger partial charge in [-0.25, -0.2) is 0 Å². The van der Waals surface area contributed by atoms with E-state index < -0.39 is 0 Å². The maximum atomic E-state index is 10.9. The van der Waals surface area contributed by atoms with Gasteiger partial charge in [0.05, 0.1) is 0 Å². The van der Waals surface area contributed by atoms with Gasteiger partial charge in [0.1, 0.15) is 0 Å². The molecule has 0 aromatic heterocycles. The zero-order chi connectivity index (χ0) is 7.56. The summed E-state index contributed by atoms with van der Waals surface area (Å²) in [6.45, 7) is 0. The molecule has 0 saturated heterocycles. The Kier molecular flexibility index (Phi) is 2.27. The molecule has 3 nitrogen and oxygen atoms in total. The Labute approximate surface area is 61.2 Å². The van der Waals surface area contributed by atoms with Crippen molar-refractivity contribution in [3.63, 3.8) is 0 Å².